The SMILES string of the molecule is CC(C)(C)C(=O)N1CC[C@H](N2C(=O)CSC2=O)C1. The number of likely N-dealkylation sites (tertiary alicyclic amines) is 1. The average molecular weight is 270 g/mol. The van der Waals surface area contributed by atoms with Crippen molar-refractivity contribution in [3.8, 4) is 0 Å². The van der Waals surface area contributed by atoms with Crippen molar-refractivity contribution >= 4 is 28.8 Å². The molecule has 1 atom stereocenters. The van der Waals surface area contributed by atoms with Crippen LogP contribution < -0.4 is 0 Å². The molecule has 3 amide bonds. The Balaban J connectivity index is 2.03. The van der Waals surface area contributed by atoms with Crippen LogP contribution in [-0.4, -0.2) is 51.7 Å². The Morgan fingerprint density at radius 2 is 2.00 bits per heavy atom. The van der Waals surface area contributed by atoms with Gasteiger partial charge in [-0.25, -0.2) is 0 Å². The molecule has 0 aliphatic carbocycles. The molecule has 2 saturated heterocycles. The minimum Gasteiger partial charge on any atom is -0.340 e. The Kier molecular flexibility index (Phi) is 3.40. The summed E-state index contributed by atoms with van der Waals surface area (Å²) in [5, 5.41) is -0.171. The van der Waals surface area contributed by atoms with Gasteiger partial charge in [-0.15, -0.1) is 0 Å². The molecule has 6 heteroatoms. The second-order valence-corrected chi connectivity index (χ2v) is 6.69. The molecule has 0 bridgehead atoms. The van der Waals surface area contributed by atoms with Gasteiger partial charge in [0.25, 0.3) is 5.24 Å². The van der Waals surface area contributed by atoms with Crippen molar-refractivity contribution in [2.75, 3.05) is 18.8 Å². The Bertz CT molecular complexity index is 387. The maximum atomic E-state index is 12.1. The fourth-order valence-electron chi connectivity index (χ4n) is 2.33. The third-order valence-corrected chi connectivity index (χ3v) is 4.08. The van der Waals surface area contributed by atoms with Gasteiger partial charge in [0, 0.05) is 18.5 Å². The number of hydrogen-bond acceptors (Lipinski definition) is 4. The summed E-state index contributed by atoms with van der Waals surface area (Å²) in [6.07, 6.45) is 0.694. The second-order valence-electron chi connectivity index (χ2n) is 5.76. The van der Waals surface area contributed by atoms with E-state index in [-0.39, 0.29) is 28.8 Å². The van der Waals surface area contributed by atoms with Crippen LogP contribution in [-0.2, 0) is 9.59 Å². The zero-order valence-electron chi connectivity index (χ0n) is 10.9. The number of carbonyl (C=O) groups is 3. The average Bonchev–Trinajstić information content (AvgIpc) is 2.83. The lowest BCUT2D eigenvalue weighted by molar-refractivity contribution is -0.139. The van der Waals surface area contributed by atoms with Crippen molar-refractivity contribution in [2.24, 2.45) is 5.41 Å². The molecule has 100 valence electrons. The summed E-state index contributed by atoms with van der Waals surface area (Å²) >= 11 is 1.05. The molecule has 0 saturated carbocycles. The molecule has 2 rings (SSSR count). The number of thioether (sulfide) groups is 1. The van der Waals surface area contributed by atoms with Gasteiger partial charge in [-0.2, -0.15) is 0 Å². The monoisotopic (exact) mass is 270 g/mol. The first-order valence-corrected chi connectivity index (χ1v) is 7.07. The highest BCUT2D eigenvalue weighted by Crippen LogP contribution is 2.28. The van der Waals surface area contributed by atoms with Gasteiger partial charge in [0.05, 0.1) is 11.8 Å². The summed E-state index contributed by atoms with van der Waals surface area (Å²) in [5.41, 5.74) is -0.414. The lowest BCUT2D eigenvalue weighted by Gasteiger charge is -2.26. The van der Waals surface area contributed by atoms with Crippen molar-refractivity contribution in [1.82, 2.24) is 9.80 Å². The molecule has 2 fully saturated rings. The lowest BCUT2D eigenvalue weighted by atomic mass is 9.95. The van der Waals surface area contributed by atoms with E-state index in [0.29, 0.717) is 19.5 Å². The molecule has 5 nitrogen and oxygen atoms in total. The van der Waals surface area contributed by atoms with Gasteiger partial charge < -0.3 is 4.90 Å². The Hall–Kier alpha value is -1.04. The zero-order chi connectivity index (χ0) is 13.5. The molecule has 0 spiro atoms. The molecule has 0 N–H and O–H groups in total. The third-order valence-electron chi connectivity index (χ3n) is 3.24. The predicted octanol–water partition coefficient (Wildman–Crippen LogP) is 1.33. The van der Waals surface area contributed by atoms with Crippen LogP contribution in [0.1, 0.15) is 27.2 Å². The van der Waals surface area contributed by atoms with Gasteiger partial charge in [-0.05, 0) is 6.42 Å². The van der Waals surface area contributed by atoms with Crippen LogP contribution in [0.4, 0.5) is 4.79 Å². The zero-order valence-corrected chi connectivity index (χ0v) is 11.7. The minimum atomic E-state index is -0.414. The van der Waals surface area contributed by atoms with Crippen LogP contribution in [0.15, 0.2) is 0 Å². The van der Waals surface area contributed by atoms with E-state index in [1.165, 1.54) is 4.90 Å². The van der Waals surface area contributed by atoms with Gasteiger partial charge >= 0.3 is 0 Å². The molecule has 2 aliphatic heterocycles. The first-order chi connectivity index (χ1) is 8.30. The van der Waals surface area contributed by atoms with Crippen LogP contribution in [0.2, 0.25) is 0 Å². The Morgan fingerprint density at radius 1 is 1.33 bits per heavy atom. The third kappa shape index (κ3) is 2.39. The number of carbonyl (C=O) groups excluding carboxylic acids is 3. The molecule has 0 aromatic carbocycles. The molecular formula is C12H18N2O3S. The molecule has 2 heterocycles. The van der Waals surface area contributed by atoms with E-state index < -0.39 is 5.41 Å². The molecular weight excluding hydrogens is 252 g/mol. The number of amides is 3. The summed E-state index contributed by atoms with van der Waals surface area (Å²) in [5.74, 6) is 0.194. The topological polar surface area (TPSA) is 57.7 Å². The fraction of sp³-hybridized carbons (Fsp3) is 0.750. The first-order valence-electron chi connectivity index (χ1n) is 6.09. The van der Waals surface area contributed by atoms with Gasteiger partial charge in [0.15, 0.2) is 0 Å². The second kappa shape index (κ2) is 4.57. The highest BCUT2D eigenvalue weighted by molar-refractivity contribution is 8.14. The Labute approximate surface area is 111 Å². The van der Waals surface area contributed by atoms with Crippen molar-refractivity contribution in [2.45, 2.75) is 33.2 Å². The maximum Gasteiger partial charge on any atom is 0.289 e. The van der Waals surface area contributed by atoms with Gasteiger partial charge in [-0.3, -0.25) is 19.3 Å². The maximum absolute atomic E-state index is 12.1. The fourth-order valence-corrected chi connectivity index (χ4v) is 3.10. The predicted molar refractivity (Wildman–Crippen MR) is 69.1 cm³/mol. The van der Waals surface area contributed by atoms with E-state index in [2.05, 4.69) is 0 Å². The normalized spacial score (nSPS) is 25.2. The molecule has 0 aromatic rings. The van der Waals surface area contributed by atoms with Crippen LogP contribution in [0, 0.1) is 5.41 Å². The van der Waals surface area contributed by atoms with Crippen molar-refractivity contribution in [3.63, 3.8) is 0 Å². The quantitative estimate of drug-likeness (QED) is 0.721. The molecule has 0 aromatic heterocycles. The van der Waals surface area contributed by atoms with Gasteiger partial charge in [-0.1, -0.05) is 32.5 Å². The van der Waals surface area contributed by atoms with E-state index >= 15 is 0 Å². The van der Waals surface area contributed by atoms with Crippen molar-refractivity contribution in [1.29, 1.82) is 0 Å². The van der Waals surface area contributed by atoms with Crippen LogP contribution in [0.5, 0.6) is 0 Å². The van der Waals surface area contributed by atoms with Gasteiger partial charge in [0.2, 0.25) is 11.8 Å². The largest absolute Gasteiger partial charge is 0.340 e. The smallest absolute Gasteiger partial charge is 0.289 e. The van der Waals surface area contributed by atoms with Crippen molar-refractivity contribution in [3.05, 3.63) is 0 Å². The van der Waals surface area contributed by atoms with E-state index in [1.54, 1.807) is 4.90 Å². The van der Waals surface area contributed by atoms with Gasteiger partial charge in [0.1, 0.15) is 0 Å². The summed E-state index contributed by atoms with van der Waals surface area (Å²) in [6.45, 7) is 6.75. The molecule has 2 aliphatic rings. The standard InChI is InChI=1S/C12H18N2O3S/c1-12(2,3)10(16)13-5-4-8(6-13)14-9(15)7-18-11(14)17/h8H,4-7H2,1-3H3/t8-/m0/s1. The van der Waals surface area contributed by atoms with Crippen LogP contribution in [0.25, 0.3) is 0 Å². The molecule has 0 radical (unpaired) electrons. The summed E-state index contributed by atoms with van der Waals surface area (Å²) in [6, 6.07) is -0.133. The first kappa shape index (κ1) is 13.4. The highest BCUT2D eigenvalue weighted by atomic mass is 32.2. The summed E-state index contributed by atoms with van der Waals surface area (Å²) in [4.78, 5) is 38.5. The Morgan fingerprint density at radius 3 is 2.50 bits per heavy atom. The molecule has 0 unspecified atom stereocenters. The highest BCUT2D eigenvalue weighted by Gasteiger charge is 2.41. The van der Waals surface area contributed by atoms with E-state index in [1.807, 2.05) is 20.8 Å². The lowest BCUT2D eigenvalue weighted by Crippen LogP contribution is -2.43. The summed E-state index contributed by atoms with van der Waals surface area (Å²) < 4.78 is 0. The van der Waals surface area contributed by atoms with E-state index in [0.717, 1.165) is 11.8 Å². The number of hydrogen-bond donors (Lipinski definition) is 0. The number of nitrogens with zero attached hydrogens (tertiary/aromatic N) is 2. The van der Waals surface area contributed by atoms with Crippen molar-refractivity contribution < 1.29 is 14.4 Å². The minimum absolute atomic E-state index is 0.0803. The van der Waals surface area contributed by atoms with Crippen LogP contribution in [0.3, 0.4) is 0 Å². The van der Waals surface area contributed by atoms with E-state index in [9.17, 15) is 14.4 Å². The van der Waals surface area contributed by atoms with Crippen LogP contribution >= 0.6 is 11.8 Å². The number of rotatable bonds is 1. The van der Waals surface area contributed by atoms with E-state index in [4.69, 9.17) is 0 Å². The molecule has 18 heavy (non-hydrogen) atoms. The summed E-state index contributed by atoms with van der Waals surface area (Å²) in [7, 11) is 0. The number of imide groups is 1.